The topological polar surface area (TPSA) is 50.7 Å². The van der Waals surface area contributed by atoms with Gasteiger partial charge in [-0.2, -0.15) is 10.2 Å². The van der Waals surface area contributed by atoms with Gasteiger partial charge in [0.25, 0.3) is 0 Å². The van der Waals surface area contributed by atoms with Gasteiger partial charge < -0.3 is 5.32 Å². The van der Waals surface area contributed by atoms with Crippen molar-refractivity contribution in [3.05, 3.63) is 60.6 Å². The lowest BCUT2D eigenvalue weighted by atomic mass is 10.2. The lowest BCUT2D eigenvalue weighted by Crippen LogP contribution is -2.01. The fourth-order valence-corrected chi connectivity index (χ4v) is 1.85. The van der Waals surface area contributed by atoms with Gasteiger partial charge in [-0.15, -0.1) is 0 Å². The minimum absolute atomic E-state index is 0.726. The maximum Gasteiger partial charge on any atom is 0.0950 e. The molecular formula is C14H12N4. The van der Waals surface area contributed by atoms with E-state index in [4.69, 9.17) is 0 Å². The third kappa shape index (κ3) is 2.13. The van der Waals surface area contributed by atoms with Crippen molar-refractivity contribution in [1.82, 2.24) is 15.2 Å². The van der Waals surface area contributed by atoms with Crippen molar-refractivity contribution >= 4 is 16.6 Å². The van der Waals surface area contributed by atoms with E-state index in [1.54, 1.807) is 12.4 Å². The standard InChI is InChI=1S/C14H12N4/c1-2-6-13-12(5-1)14(10-17-18-13)16-9-11-4-3-7-15-8-11/h1-8,10H,9H2,(H,16,18). The van der Waals surface area contributed by atoms with Gasteiger partial charge >= 0.3 is 0 Å². The van der Waals surface area contributed by atoms with Crippen molar-refractivity contribution in [3.63, 3.8) is 0 Å². The fraction of sp³-hybridized carbons (Fsp3) is 0.0714. The largest absolute Gasteiger partial charge is 0.379 e. The van der Waals surface area contributed by atoms with Crippen LogP contribution in [-0.4, -0.2) is 15.2 Å². The van der Waals surface area contributed by atoms with Crippen molar-refractivity contribution in [2.24, 2.45) is 0 Å². The molecule has 0 fully saturated rings. The molecule has 0 aliphatic heterocycles. The Hall–Kier alpha value is -2.49. The number of hydrogen-bond donors (Lipinski definition) is 1. The predicted molar refractivity (Wildman–Crippen MR) is 71.1 cm³/mol. The van der Waals surface area contributed by atoms with Gasteiger partial charge in [-0.05, 0) is 17.7 Å². The molecule has 0 radical (unpaired) electrons. The molecule has 2 aromatic heterocycles. The zero-order chi connectivity index (χ0) is 12.2. The van der Waals surface area contributed by atoms with Crippen LogP contribution in [0.1, 0.15) is 5.56 Å². The minimum atomic E-state index is 0.726. The molecule has 0 spiro atoms. The van der Waals surface area contributed by atoms with Crippen LogP contribution in [0.5, 0.6) is 0 Å². The van der Waals surface area contributed by atoms with E-state index in [1.165, 1.54) is 0 Å². The number of anilines is 1. The molecule has 0 bridgehead atoms. The Morgan fingerprint density at radius 1 is 1.00 bits per heavy atom. The summed E-state index contributed by atoms with van der Waals surface area (Å²) in [5, 5.41) is 12.5. The van der Waals surface area contributed by atoms with Crippen LogP contribution in [0, 0.1) is 0 Å². The zero-order valence-electron chi connectivity index (χ0n) is 9.74. The number of fused-ring (bicyclic) bond motifs is 1. The zero-order valence-corrected chi connectivity index (χ0v) is 9.74. The molecule has 0 aliphatic carbocycles. The monoisotopic (exact) mass is 236 g/mol. The summed E-state index contributed by atoms with van der Waals surface area (Å²) in [4.78, 5) is 4.09. The summed E-state index contributed by atoms with van der Waals surface area (Å²) in [6, 6.07) is 11.9. The van der Waals surface area contributed by atoms with Gasteiger partial charge in [-0.1, -0.05) is 24.3 Å². The molecule has 0 aliphatic rings. The van der Waals surface area contributed by atoms with E-state index < -0.39 is 0 Å². The van der Waals surface area contributed by atoms with Crippen LogP contribution in [0.25, 0.3) is 10.9 Å². The molecule has 2 heterocycles. The molecule has 0 amide bonds. The Kier molecular flexibility index (Phi) is 2.84. The molecular weight excluding hydrogens is 224 g/mol. The summed E-state index contributed by atoms with van der Waals surface area (Å²) < 4.78 is 0. The van der Waals surface area contributed by atoms with E-state index in [0.717, 1.165) is 28.7 Å². The normalized spacial score (nSPS) is 10.4. The molecule has 1 aromatic carbocycles. The summed E-state index contributed by atoms with van der Waals surface area (Å²) in [5.41, 5.74) is 3.02. The first-order valence-electron chi connectivity index (χ1n) is 5.77. The van der Waals surface area contributed by atoms with E-state index in [1.807, 2.05) is 42.6 Å². The lowest BCUT2D eigenvalue weighted by Gasteiger charge is -2.08. The summed E-state index contributed by atoms with van der Waals surface area (Å²) in [7, 11) is 0. The van der Waals surface area contributed by atoms with E-state index in [9.17, 15) is 0 Å². The van der Waals surface area contributed by atoms with Gasteiger partial charge in [0.2, 0.25) is 0 Å². The van der Waals surface area contributed by atoms with Crippen LogP contribution in [0.3, 0.4) is 0 Å². The second-order valence-corrected chi connectivity index (χ2v) is 3.99. The van der Waals surface area contributed by atoms with Crippen LogP contribution < -0.4 is 5.32 Å². The van der Waals surface area contributed by atoms with Crippen molar-refractivity contribution in [1.29, 1.82) is 0 Å². The van der Waals surface area contributed by atoms with E-state index in [-0.39, 0.29) is 0 Å². The van der Waals surface area contributed by atoms with Gasteiger partial charge in [0.1, 0.15) is 0 Å². The molecule has 3 aromatic rings. The Bertz CT molecular complexity index is 647. The van der Waals surface area contributed by atoms with Gasteiger partial charge in [0, 0.05) is 24.3 Å². The van der Waals surface area contributed by atoms with Crippen LogP contribution in [0.2, 0.25) is 0 Å². The van der Waals surface area contributed by atoms with Crippen molar-refractivity contribution in [2.75, 3.05) is 5.32 Å². The molecule has 0 unspecified atom stereocenters. The number of rotatable bonds is 3. The highest BCUT2D eigenvalue weighted by Crippen LogP contribution is 2.20. The maximum absolute atomic E-state index is 4.09. The molecule has 1 N–H and O–H groups in total. The molecule has 18 heavy (non-hydrogen) atoms. The number of pyridine rings is 1. The first kappa shape index (κ1) is 10.7. The first-order valence-corrected chi connectivity index (χ1v) is 5.77. The van der Waals surface area contributed by atoms with Gasteiger partial charge in [0.15, 0.2) is 0 Å². The summed E-state index contributed by atoms with van der Waals surface area (Å²) in [6.07, 6.45) is 5.37. The summed E-state index contributed by atoms with van der Waals surface area (Å²) >= 11 is 0. The number of aromatic nitrogens is 3. The van der Waals surface area contributed by atoms with Gasteiger partial charge in [-0.3, -0.25) is 4.98 Å². The Morgan fingerprint density at radius 3 is 2.83 bits per heavy atom. The van der Waals surface area contributed by atoms with Crippen LogP contribution in [0.4, 0.5) is 5.69 Å². The third-order valence-corrected chi connectivity index (χ3v) is 2.75. The summed E-state index contributed by atoms with van der Waals surface area (Å²) in [6.45, 7) is 0.726. The minimum Gasteiger partial charge on any atom is -0.379 e. The summed E-state index contributed by atoms with van der Waals surface area (Å²) in [5.74, 6) is 0. The average Bonchev–Trinajstić information content (AvgIpc) is 2.46. The average molecular weight is 236 g/mol. The number of hydrogen-bond acceptors (Lipinski definition) is 4. The molecule has 4 heteroatoms. The highest BCUT2D eigenvalue weighted by Gasteiger charge is 2.01. The number of benzene rings is 1. The van der Waals surface area contributed by atoms with Gasteiger partial charge in [-0.25, -0.2) is 0 Å². The highest BCUT2D eigenvalue weighted by atomic mass is 15.1. The Labute approximate surface area is 105 Å². The fourth-order valence-electron chi connectivity index (χ4n) is 1.85. The number of nitrogens with one attached hydrogen (secondary N) is 1. The molecule has 3 rings (SSSR count). The quantitative estimate of drug-likeness (QED) is 0.759. The Morgan fingerprint density at radius 2 is 1.94 bits per heavy atom. The van der Waals surface area contributed by atoms with Crippen LogP contribution >= 0.6 is 0 Å². The van der Waals surface area contributed by atoms with Crippen molar-refractivity contribution in [3.8, 4) is 0 Å². The predicted octanol–water partition coefficient (Wildman–Crippen LogP) is 2.64. The first-order chi connectivity index (χ1) is 8.93. The van der Waals surface area contributed by atoms with Crippen LogP contribution in [-0.2, 0) is 6.54 Å². The smallest absolute Gasteiger partial charge is 0.0950 e. The highest BCUT2D eigenvalue weighted by molar-refractivity contribution is 5.90. The number of nitrogens with zero attached hydrogens (tertiary/aromatic N) is 3. The second kappa shape index (κ2) is 4.79. The van der Waals surface area contributed by atoms with Crippen molar-refractivity contribution < 1.29 is 0 Å². The Balaban J connectivity index is 1.87. The van der Waals surface area contributed by atoms with E-state index >= 15 is 0 Å². The molecule has 0 saturated carbocycles. The second-order valence-electron chi connectivity index (χ2n) is 3.99. The molecule has 0 saturated heterocycles. The third-order valence-electron chi connectivity index (χ3n) is 2.75. The maximum atomic E-state index is 4.09. The van der Waals surface area contributed by atoms with E-state index in [2.05, 4.69) is 20.5 Å². The van der Waals surface area contributed by atoms with Gasteiger partial charge in [0.05, 0.1) is 17.4 Å². The molecule has 88 valence electrons. The van der Waals surface area contributed by atoms with E-state index in [0.29, 0.717) is 0 Å². The molecule has 4 nitrogen and oxygen atoms in total. The molecule has 0 atom stereocenters. The SMILES string of the molecule is c1cncc(CNc2cnnc3ccccc23)c1. The van der Waals surface area contributed by atoms with Crippen LogP contribution in [0.15, 0.2) is 55.0 Å². The lowest BCUT2D eigenvalue weighted by molar-refractivity contribution is 1.06. The van der Waals surface area contributed by atoms with Crippen molar-refractivity contribution in [2.45, 2.75) is 6.54 Å².